The van der Waals surface area contributed by atoms with Crippen LogP contribution in [0.4, 0.5) is 10.1 Å². The SMILES string of the molecule is CCC(CC)N(CCO)c1c(F)cccc1C(=O)O. The van der Waals surface area contributed by atoms with E-state index in [0.717, 1.165) is 12.8 Å². The Morgan fingerprint density at radius 1 is 1.37 bits per heavy atom. The van der Waals surface area contributed by atoms with Crippen LogP contribution in [0, 0.1) is 5.82 Å². The Bertz CT molecular complexity index is 433. The van der Waals surface area contributed by atoms with Gasteiger partial charge in [0.25, 0.3) is 0 Å². The van der Waals surface area contributed by atoms with Crippen molar-refractivity contribution in [1.29, 1.82) is 0 Å². The van der Waals surface area contributed by atoms with E-state index in [9.17, 15) is 14.3 Å². The Kier molecular flexibility index (Phi) is 5.76. The molecule has 1 aromatic rings. The van der Waals surface area contributed by atoms with Gasteiger partial charge in [-0.15, -0.1) is 0 Å². The van der Waals surface area contributed by atoms with Crippen LogP contribution >= 0.6 is 0 Å². The highest BCUT2D eigenvalue weighted by molar-refractivity contribution is 5.94. The van der Waals surface area contributed by atoms with Crippen LogP contribution in [0.15, 0.2) is 18.2 Å². The number of hydrogen-bond acceptors (Lipinski definition) is 3. The number of para-hydroxylation sites is 1. The van der Waals surface area contributed by atoms with Gasteiger partial charge < -0.3 is 15.1 Å². The summed E-state index contributed by atoms with van der Waals surface area (Å²) in [6.45, 7) is 3.98. The largest absolute Gasteiger partial charge is 0.478 e. The maximum atomic E-state index is 14.0. The molecule has 0 unspecified atom stereocenters. The lowest BCUT2D eigenvalue weighted by molar-refractivity contribution is 0.0696. The first-order chi connectivity index (χ1) is 9.06. The molecule has 0 saturated carbocycles. The van der Waals surface area contributed by atoms with Crippen molar-refractivity contribution in [3.63, 3.8) is 0 Å². The van der Waals surface area contributed by atoms with Gasteiger partial charge in [-0.25, -0.2) is 9.18 Å². The molecule has 0 aliphatic carbocycles. The van der Waals surface area contributed by atoms with Crippen LogP contribution in [0.2, 0.25) is 0 Å². The Morgan fingerprint density at radius 3 is 2.47 bits per heavy atom. The number of aliphatic hydroxyl groups excluding tert-OH is 1. The normalized spacial score (nSPS) is 10.8. The fourth-order valence-electron chi connectivity index (χ4n) is 2.29. The molecular formula is C14H20FNO3. The summed E-state index contributed by atoms with van der Waals surface area (Å²) in [5.74, 6) is -1.73. The van der Waals surface area contributed by atoms with Gasteiger partial charge in [0.05, 0.1) is 17.9 Å². The van der Waals surface area contributed by atoms with E-state index in [1.807, 2.05) is 13.8 Å². The van der Waals surface area contributed by atoms with Crippen LogP contribution in [-0.2, 0) is 0 Å². The minimum absolute atomic E-state index is 0.00199. The second-order valence-electron chi connectivity index (χ2n) is 4.33. The number of nitrogens with zero attached hydrogens (tertiary/aromatic N) is 1. The molecule has 0 heterocycles. The van der Waals surface area contributed by atoms with Crippen LogP contribution in [0.3, 0.4) is 0 Å². The minimum Gasteiger partial charge on any atom is -0.478 e. The van der Waals surface area contributed by atoms with E-state index in [2.05, 4.69) is 0 Å². The van der Waals surface area contributed by atoms with Gasteiger partial charge in [-0.2, -0.15) is 0 Å². The first-order valence-corrected chi connectivity index (χ1v) is 6.46. The molecule has 0 fully saturated rings. The third-order valence-corrected chi connectivity index (χ3v) is 3.23. The summed E-state index contributed by atoms with van der Waals surface area (Å²) < 4.78 is 14.0. The molecule has 0 aliphatic rings. The van der Waals surface area contributed by atoms with Crippen LogP contribution in [0.1, 0.15) is 37.0 Å². The topological polar surface area (TPSA) is 60.8 Å². The van der Waals surface area contributed by atoms with Crippen molar-refractivity contribution in [3.8, 4) is 0 Å². The standard InChI is InChI=1S/C14H20FNO3/c1-3-10(4-2)16(8-9-17)13-11(14(18)19)6-5-7-12(13)15/h5-7,10,17H,3-4,8-9H2,1-2H3,(H,18,19). The maximum Gasteiger partial charge on any atom is 0.337 e. The fraction of sp³-hybridized carbons (Fsp3) is 0.500. The van der Waals surface area contributed by atoms with Crippen LogP contribution in [0.5, 0.6) is 0 Å². The number of aliphatic hydroxyl groups is 1. The molecule has 1 rings (SSSR count). The molecule has 0 atom stereocenters. The van der Waals surface area contributed by atoms with Crippen molar-refractivity contribution in [2.75, 3.05) is 18.1 Å². The Labute approximate surface area is 112 Å². The Balaban J connectivity index is 3.32. The van der Waals surface area contributed by atoms with Crippen molar-refractivity contribution in [2.24, 2.45) is 0 Å². The van der Waals surface area contributed by atoms with Crippen molar-refractivity contribution in [2.45, 2.75) is 32.7 Å². The molecule has 0 radical (unpaired) electrons. The van der Waals surface area contributed by atoms with E-state index in [1.165, 1.54) is 18.2 Å². The van der Waals surface area contributed by atoms with Gasteiger partial charge in [0.2, 0.25) is 0 Å². The van der Waals surface area contributed by atoms with E-state index in [-0.39, 0.29) is 30.4 Å². The number of anilines is 1. The van der Waals surface area contributed by atoms with Gasteiger partial charge in [0.1, 0.15) is 5.82 Å². The van der Waals surface area contributed by atoms with Crippen LogP contribution in [0.25, 0.3) is 0 Å². The second kappa shape index (κ2) is 7.09. The summed E-state index contributed by atoms with van der Waals surface area (Å²) >= 11 is 0. The van der Waals surface area contributed by atoms with Gasteiger partial charge >= 0.3 is 5.97 Å². The third kappa shape index (κ3) is 3.44. The lowest BCUT2D eigenvalue weighted by atomic mass is 10.1. The molecule has 106 valence electrons. The van der Waals surface area contributed by atoms with E-state index < -0.39 is 11.8 Å². The summed E-state index contributed by atoms with van der Waals surface area (Å²) in [5, 5.41) is 18.3. The molecule has 0 saturated heterocycles. The van der Waals surface area contributed by atoms with Gasteiger partial charge in [-0.05, 0) is 25.0 Å². The van der Waals surface area contributed by atoms with E-state index in [1.54, 1.807) is 4.90 Å². The molecule has 0 aliphatic heterocycles. The average Bonchev–Trinajstić information content (AvgIpc) is 2.39. The number of aromatic carboxylic acids is 1. The van der Waals surface area contributed by atoms with E-state index in [4.69, 9.17) is 5.11 Å². The number of benzene rings is 1. The molecule has 1 aromatic carbocycles. The van der Waals surface area contributed by atoms with E-state index >= 15 is 0 Å². The highest BCUT2D eigenvalue weighted by Crippen LogP contribution is 2.28. The third-order valence-electron chi connectivity index (χ3n) is 3.23. The lowest BCUT2D eigenvalue weighted by Gasteiger charge is -2.33. The summed E-state index contributed by atoms with van der Waals surface area (Å²) in [6, 6.07) is 4.01. The number of carboxylic acids is 1. The molecule has 0 aromatic heterocycles. The second-order valence-corrected chi connectivity index (χ2v) is 4.33. The number of rotatable bonds is 7. The van der Waals surface area contributed by atoms with Gasteiger partial charge in [-0.3, -0.25) is 0 Å². The molecular weight excluding hydrogens is 249 g/mol. The van der Waals surface area contributed by atoms with Gasteiger partial charge in [0.15, 0.2) is 0 Å². The summed E-state index contributed by atoms with van der Waals surface area (Å²) in [6.07, 6.45) is 1.51. The van der Waals surface area contributed by atoms with Crippen LogP contribution in [-0.4, -0.2) is 35.4 Å². The van der Waals surface area contributed by atoms with Crippen molar-refractivity contribution < 1.29 is 19.4 Å². The number of carbonyl (C=O) groups is 1. The number of halogens is 1. The maximum absolute atomic E-state index is 14.0. The average molecular weight is 269 g/mol. The molecule has 0 spiro atoms. The molecule has 0 amide bonds. The quantitative estimate of drug-likeness (QED) is 0.798. The lowest BCUT2D eigenvalue weighted by Crippen LogP contribution is -2.38. The molecule has 5 heteroatoms. The zero-order valence-electron chi connectivity index (χ0n) is 11.3. The molecule has 19 heavy (non-hydrogen) atoms. The van der Waals surface area contributed by atoms with Gasteiger partial charge in [-0.1, -0.05) is 19.9 Å². The predicted octanol–water partition coefficient (Wildman–Crippen LogP) is 2.51. The highest BCUT2D eigenvalue weighted by Gasteiger charge is 2.24. The summed E-state index contributed by atoms with van der Waals surface area (Å²) in [5.41, 5.74) is -0.00176. The summed E-state index contributed by atoms with van der Waals surface area (Å²) in [7, 11) is 0. The molecule has 2 N–H and O–H groups in total. The van der Waals surface area contributed by atoms with Crippen molar-refractivity contribution >= 4 is 11.7 Å². The smallest absolute Gasteiger partial charge is 0.337 e. The zero-order valence-corrected chi connectivity index (χ0v) is 11.3. The van der Waals surface area contributed by atoms with E-state index in [0.29, 0.717) is 0 Å². The zero-order chi connectivity index (χ0) is 14.4. The monoisotopic (exact) mass is 269 g/mol. The van der Waals surface area contributed by atoms with Crippen LogP contribution < -0.4 is 4.90 Å². The first kappa shape index (κ1) is 15.4. The molecule has 4 nitrogen and oxygen atoms in total. The fourth-order valence-corrected chi connectivity index (χ4v) is 2.29. The number of hydrogen-bond donors (Lipinski definition) is 2. The van der Waals surface area contributed by atoms with Crippen molar-refractivity contribution in [3.05, 3.63) is 29.6 Å². The first-order valence-electron chi connectivity index (χ1n) is 6.46. The van der Waals surface area contributed by atoms with Gasteiger partial charge in [0, 0.05) is 12.6 Å². The Morgan fingerprint density at radius 2 is 2.00 bits per heavy atom. The highest BCUT2D eigenvalue weighted by atomic mass is 19.1. The number of carboxylic acid groups (broad SMARTS) is 1. The Hall–Kier alpha value is -1.62. The summed E-state index contributed by atoms with van der Waals surface area (Å²) in [4.78, 5) is 12.9. The minimum atomic E-state index is -1.16. The molecule has 0 bridgehead atoms. The van der Waals surface area contributed by atoms with Crippen molar-refractivity contribution in [1.82, 2.24) is 0 Å². The predicted molar refractivity (Wildman–Crippen MR) is 72.2 cm³/mol.